The topological polar surface area (TPSA) is 33.7 Å². The van der Waals surface area contributed by atoms with Crippen LogP contribution < -0.4 is 15.0 Å². The number of nitrogens with one attached hydrogen (secondary N) is 1. The minimum atomic E-state index is 0.322. The molecular formula is C15H24N2O2. The Morgan fingerprint density at radius 2 is 2.16 bits per heavy atom. The van der Waals surface area contributed by atoms with Gasteiger partial charge in [0, 0.05) is 31.9 Å². The van der Waals surface area contributed by atoms with Crippen LogP contribution in [-0.2, 0) is 4.74 Å². The van der Waals surface area contributed by atoms with Crippen molar-refractivity contribution in [3.63, 3.8) is 0 Å². The number of hydrogen-bond acceptors (Lipinski definition) is 4. The second-order valence-corrected chi connectivity index (χ2v) is 4.79. The van der Waals surface area contributed by atoms with E-state index in [1.54, 1.807) is 0 Å². The number of anilines is 1. The highest BCUT2D eigenvalue weighted by Crippen LogP contribution is 2.25. The Balaban J connectivity index is 2.01. The molecule has 19 heavy (non-hydrogen) atoms. The van der Waals surface area contributed by atoms with Crippen LogP contribution in [0.4, 0.5) is 5.69 Å². The van der Waals surface area contributed by atoms with E-state index in [9.17, 15) is 0 Å². The molecule has 0 aromatic heterocycles. The third kappa shape index (κ3) is 4.11. The van der Waals surface area contributed by atoms with E-state index in [4.69, 9.17) is 9.47 Å². The standard InChI is InChI=1S/C15H24N2O2/c1-3-18-12-19-14-5-6-15(13(2)11-14)17-9-4-7-16-8-10-17/h5-6,11,16H,3-4,7-10,12H2,1-2H3. The van der Waals surface area contributed by atoms with Crippen molar-refractivity contribution in [3.05, 3.63) is 23.8 Å². The third-order valence-electron chi connectivity index (χ3n) is 3.36. The van der Waals surface area contributed by atoms with Gasteiger partial charge in [-0.1, -0.05) is 0 Å². The maximum atomic E-state index is 5.54. The quantitative estimate of drug-likeness (QED) is 0.653. The van der Waals surface area contributed by atoms with Crippen LogP contribution in [-0.4, -0.2) is 39.6 Å². The molecular weight excluding hydrogens is 240 g/mol. The lowest BCUT2D eigenvalue weighted by Crippen LogP contribution is -2.28. The van der Waals surface area contributed by atoms with Gasteiger partial charge in [-0.2, -0.15) is 0 Å². The number of rotatable bonds is 5. The smallest absolute Gasteiger partial charge is 0.189 e. The first-order valence-electron chi connectivity index (χ1n) is 7.08. The van der Waals surface area contributed by atoms with E-state index >= 15 is 0 Å². The predicted molar refractivity (Wildman–Crippen MR) is 78.0 cm³/mol. The van der Waals surface area contributed by atoms with Gasteiger partial charge in [0.25, 0.3) is 0 Å². The SMILES string of the molecule is CCOCOc1ccc(N2CCCNCC2)c(C)c1. The lowest BCUT2D eigenvalue weighted by atomic mass is 10.1. The first kappa shape index (κ1) is 14.2. The fourth-order valence-electron chi connectivity index (χ4n) is 2.35. The molecule has 0 amide bonds. The molecule has 1 fully saturated rings. The van der Waals surface area contributed by atoms with Crippen LogP contribution in [0.3, 0.4) is 0 Å². The summed E-state index contributed by atoms with van der Waals surface area (Å²) in [6.07, 6.45) is 1.20. The summed E-state index contributed by atoms with van der Waals surface area (Å²) in [5.74, 6) is 0.877. The summed E-state index contributed by atoms with van der Waals surface area (Å²) in [7, 11) is 0. The maximum absolute atomic E-state index is 5.54. The second-order valence-electron chi connectivity index (χ2n) is 4.79. The van der Waals surface area contributed by atoms with Gasteiger partial charge in [0.2, 0.25) is 0 Å². The average molecular weight is 264 g/mol. The second kappa shape index (κ2) is 7.36. The van der Waals surface area contributed by atoms with Crippen LogP contribution in [0.15, 0.2) is 18.2 Å². The van der Waals surface area contributed by atoms with Gasteiger partial charge in [0.05, 0.1) is 0 Å². The third-order valence-corrected chi connectivity index (χ3v) is 3.36. The molecule has 0 radical (unpaired) electrons. The molecule has 0 bridgehead atoms. The summed E-state index contributed by atoms with van der Waals surface area (Å²) < 4.78 is 10.7. The number of ether oxygens (including phenoxy) is 2. The Kier molecular flexibility index (Phi) is 5.48. The fourth-order valence-corrected chi connectivity index (χ4v) is 2.35. The largest absolute Gasteiger partial charge is 0.468 e. The number of nitrogens with zero attached hydrogens (tertiary/aromatic N) is 1. The van der Waals surface area contributed by atoms with E-state index in [1.165, 1.54) is 17.7 Å². The predicted octanol–water partition coefficient (Wildman–Crippen LogP) is 2.17. The van der Waals surface area contributed by atoms with Crippen LogP contribution in [0.1, 0.15) is 18.9 Å². The number of hydrogen-bond donors (Lipinski definition) is 1. The van der Waals surface area contributed by atoms with Gasteiger partial charge in [0.1, 0.15) is 5.75 Å². The highest BCUT2D eigenvalue weighted by molar-refractivity contribution is 5.55. The maximum Gasteiger partial charge on any atom is 0.189 e. The molecule has 1 aliphatic rings. The Bertz CT molecular complexity index is 388. The normalized spacial score (nSPS) is 16.2. The average Bonchev–Trinajstić information content (AvgIpc) is 2.68. The minimum Gasteiger partial charge on any atom is -0.468 e. The van der Waals surface area contributed by atoms with Gasteiger partial charge in [-0.25, -0.2) is 0 Å². The number of aryl methyl sites for hydroxylation is 1. The number of benzene rings is 1. The summed E-state index contributed by atoms with van der Waals surface area (Å²) in [5, 5.41) is 3.43. The Labute approximate surface area is 115 Å². The van der Waals surface area contributed by atoms with Gasteiger partial charge in [-0.3, -0.25) is 0 Å². The molecule has 0 spiro atoms. The zero-order valence-corrected chi connectivity index (χ0v) is 11.9. The highest BCUT2D eigenvalue weighted by atomic mass is 16.7. The first-order valence-corrected chi connectivity index (χ1v) is 7.08. The van der Waals surface area contributed by atoms with Gasteiger partial charge in [-0.15, -0.1) is 0 Å². The molecule has 106 valence electrons. The summed E-state index contributed by atoms with van der Waals surface area (Å²) >= 11 is 0. The summed E-state index contributed by atoms with van der Waals surface area (Å²) in [6, 6.07) is 6.27. The summed E-state index contributed by atoms with van der Waals surface area (Å²) in [6.45, 7) is 9.47. The zero-order valence-electron chi connectivity index (χ0n) is 11.9. The van der Waals surface area contributed by atoms with Crippen LogP contribution in [0.25, 0.3) is 0 Å². The van der Waals surface area contributed by atoms with Crippen molar-refractivity contribution in [1.29, 1.82) is 0 Å². The molecule has 0 saturated carbocycles. The van der Waals surface area contributed by atoms with E-state index in [0.717, 1.165) is 31.9 Å². The molecule has 0 atom stereocenters. The molecule has 1 heterocycles. The van der Waals surface area contributed by atoms with Crippen molar-refractivity contribution >= 4 is 5.69 Å². The summed E-state index contributed by atoms with van der Waals surface area (Å²) in [4.78, 5) is 2.45. The van der Waals surface area contributed by atoms with Crippen molar-refractivity contribution in [2.75, 3.05) is 44.5 Å². The van der Waals surface area contributed by atoms with Crippen molar-refractivity contribution < 1.29 is 9.47 Å². The van der Waals surface area contributed by atoms with Crippen LogP contribution in [0.2, 0.25) is 0 Å². The molecule has 1 aliphatic heterocycles. The molecule has 1 aromatic rings. The fraction of sp³-hybridized carbons (Fsp3) is 0.600. The lowest BCUT2D eigenvalue weighted by molar-refractivity contribution is 0.0224. The van der Waals surface area contributed by atoms with E-state index in [1.807, 2.05) is 13.0 Å². The van der Waals surface area contributed by atoms with E-state index in [0.29, 0.717) is 13.4 Å². The van der Waals surface area contributed by atoms with Crippen molar-refractivity contribution in [1.82, 2.24) is 5.32 Å². The zero-order chi connectivity index (χ0) is 13.5. The van der Waals surface area contributed by atoms with Crippen LogP contribution in [0, 0.1) is 6.92 Å². The molecule has 0 aliphatic carbocycles. The summed E-state index contributed by atoms with van der Waals surface area (Å²) in [5.41, 5.74) is 2.57. The van der Waals surface area contributed by atoms with Gasteiger partial charge < -0.3 is 19.7 Å². The molecule has 2 rings (SSSR count). The molecule has 4 nitrogen and oxygen atoms in total. The van der Waals surface area contributed by atoms with Crippen LogP contribution >= 0.6 is 0 Å². The molecule has 0 unspecified atom stereocenters. The Hall–Kier alpha value is -1.26. The van der Waals surface area contributed by atoms with E-state index < -0.39 is 0 Å². The first-order chi connectivity index (χ1) is 9.31. The van der Waals surface area contributed by atoms with Crippen molar-refractivity contribution in [2.45, 2.75) is 20.3 Å². The Morgan fingerprint density at radius 3 is 2.95 bits per heavy atom. The van der Waals surface area contributed by atoms with Crippen molar-refractivity contribution in [2.24, 2.45) is 0 Å². The van der Waals surface area contributed by atoms with Crippen LogP contribution in [0.5, 0.6) is 5.75 Å². The molecule has 1 aromatic carbocycles. The van der Waals surface area contributed by atoms with Gasteiger partial charge in [-0.05, 0) is 50.6 Å². The monoisotopic (exact) mass is 264 g/mol. The lowest BCUT2D eigenvalue weighted by Gasteiger charge is -2.24. The van der Waals surface area contributed by atoms with Gasteiger partial charge >= 0.3 is 0 Å². The Morgan fingerprint density at radius 1 is 1.26 bits per heavy atom. The van der Waals surface area contributed by atoms with Crippen molar-refractivity contribution in [3.8, 4) is 5.75 Å². The molecule has 1 saturated heterocycles. The van der Waals surface area contributed by atoms with Gasteiger partial charge in [0.15, 0.2) is 6.79 Å². The minimum absolute atomic E-state index is 0.322. The molecule has 1 N–H and O–H groups in total. The highest BCUT2D eigenvalue weighted by Gasteiger charge is 2.12. The molecule has 4 heteroatoms. The van der Waals surface area contributed by atoms with E-state index in [-0.39, 0.29) is 0 Å². The van der Waals surface area contributed by atoms with E-state index in [2.05, 4.69) is 29.3 Å².